The maximum absolute atomic E-state index is 6.12. The van der Waals surface area contributed by atoms with E-state index in [9.17, 15) is 0 Å². The molecule has 0 radical (unpaired) electrons. The lowest BCUT2D eigenvalue weighted by Crippen LogP contribution is -2.13. The molecule has 2 heterocycles. The predicted molar refractivity (Wildman–Crippen MR) is 78.4 cm³/mol. The first-order valence-corrected chi connectivity index (χ1v) is 6.83. The number of hydrogen-bond donors (Lipinski definition) is 1. The second kappa shape index (κ2) is 6.28. The van der Waals surface area contributed by atoms with Gasteiger partial charge in [-0.25, -0.2) is 0 Å². The Morgan fingerprint density at radius 2 is 1.86 bits per heavy atom. The molecule has 0 fully saturated rings. The number of rotatable bonds is 5. The van der Waals surface area contributed by atoms with Crippen LogP contribution in [0.1, 0.15) is 29.0 Å². The number of nitrogens with zero attached hydrogens (tertiary/aromatic N) is 3. The van der Waals surface area contributed by atoms with E-state index in [1.807, 2.05) is 48.5 Å². The largest absolute Gasteiger partial charge is 0.338 e. The van der Waals surface area contributed by atoms with E-state index in [1.165, 1.54) is 0 Å². The molecule has 106 valence electrons. The van der Waals surface area contributed by atoms with Crippen molar-refractivity contribution < 1.29 is 4.52 Å². The van der Waals surface area contributed by atoms with Gasteiger partial charge in [0.25, 0.3) is 0 Å². The van der Waals surface area contributed by atoms with Gasteiger partial charge in [-0.15, -0.1) is 0 Å². The maximum atomic E-state index is 6.12. The molecule has 3 rings (SSSR count). The van der Waals surface area contributed by atoms with Crippen LogP contribution >= 0.6 is 0 Å². The Morgan fingerprint density at radius 1 is 1.05 bits per heavy atom. The average molecular weight is 280 g/mol. The lowest BCUT2D eigenvalue weighted by atomic mass is 10.1. The summed E-state index contributed by atoms with van der Waals surface area (Å²) in [6, 6.07) is 15.5. The van der Waals surface area contributed by atoms with Crippen LogP contribution < -0.4 is 5.73 Å². The van der Waals surface area contributed by atoms with Crippen LogP contribution in [0.5, 0.6) is 0 Å². The van der Waals surface area contributed by atoms with Crippen molar-refractivity contribution in [2.45, 2.75) is 18.9 Å². The van der Waals surface area contributed by atoms with Crippen molar-refractivity contribution in [3.8, 4) is 0 Å². The minimum absolute atomic E-state index is 0.294. The first-order chi connectivity index (χ1) is 10.3. The Balaban J connectivity index is 1.67. The van der Waals surface area contributed by atoms with Gasteiger partial charge in [0.2, 0.25) is 5.89 Å². The summed E-state index contributed by atoms with van der Waals surface area (Å²) in [5, 5.41) is 3.97. The van der Waals surface area contributed by atoms with Crippen LogP contribution in [0.25, 0.3) is 0 Å². The second-order valence-electron chi connectivity index (χ2n) is 4.84. The first kappa shape index (κ1) is 13.5. The third-order valence-electron chi connectivity index (χ3n) is 3.16. The molecule has 1 aromatic carbocycles. The fourth-order valence-electron chi connectivity index (χ4n) is 2.11. The monoisotopic (exact) mass is 280 g/mol. The van der Waals surface area contributed by atoms with Gasteiger partial charge in [0.15, 0.2) is 5.82 Å². The summed E-state index contributed by atoms with van der Waals surface area (Å²) in [5.41, 5.74) is 8.17. The Morgan fingerprint density at radius 3 is 2.62 bits per heavy atom. The third kappa shape index (κ3) is 3.52. The van der Waals surface area contributed by atoms with Crippen molar-refractivity contribution in [1.29, 1.82) is 0 Å². The average Bonchev–Trinajstić information content (AvgIpc) is 2.98. The lowest BCUT2D eigenvalue weighted by Gasteiger charge is -2.05. The third-order valence-corrected chi connectivity index (χ3v) is 3.16. The highest BCUT2D eigenvalue weighted by atomic mass is 16.5. The second-order valence-corrected chi connectivity index (χ2v) is 4.84. The van der Waals surface area contributed by atoms with Crippen LogP contribution in [0.3, 0.4) is 0 Å². The van der Waals surface area contributed by atoms with Gasteiger partial charge < -0.3 is 10.3 Å². The molecular formula is C16H16N4O. The van der Waals surface area contributed by atoms with Crippen LogP contribution in [0.4, 0.5) is 0 Å². The molecule has 0 bridgehead atoms. The summed E-state index contributed by atoms with van der Waals surface area (Å²) in [6.07, 6.45) is 2.96. The van der Waals surface area contributed by atoms with Gasteiger partial charge in [0, 0.05) is 11.9 Å². The fraction of sp³-hybridized carbons (Fsp3) is 0.188. The molecule has 21 heavy (non-hydrogen) atoms. The number of hydrogen-bond acceptors (Lipinski definition) is 5. The molecule has 0 saturated heterocycles. The zero-order valence-corrected chi connectivity index (χ0v) is 11.5. The van der Waals surface area contributed by atoms with E-state index in [1.54, 1.807) is 6.20 Å². The molecule has 0 aliphatic carbocycles. The van der Waals surface area contributed by atoms with Gasteiger partial charge >= 0.3 is 0 Å². The Hall–Kier alpha value is -2.53. The molecule has 0 saturated carbocycles. The van der Waals surface area contributed by atoms with Crippen LogP contribution in [0, 0.1) is 0 Å². The number of nitrogens with two attached hydrogens (primary N) is 1. The zero-order valence-electron chi connectivity index (χ0n) is 11.5. The number of benzene rings is 1. The quantitative estimate of drug-likeness (QED) is 0.776. The van der Waals surface area contributed by atoms with Crippen LogP contribution in [0.15, 0.2) is 59.3 Å². The lowest BCUT2D eigenvalue weighted by molar-refractivity contribution is 0.350. The summed E-state index contributed by atoms with van der Waals surface area (Å²) in [6.45, 7) is 0. The van der Waals surface area contributed by atoms with Gasteiger partial charge in [-0.1, -0.05) is 41.6 Å². The van der Waals surface area contributed by atoms with Crippen molar-refractivity contribution in [1.82, 2.24) is 15.1 Å². The molecule has 0 amide bonds. The molecule has 5 heteroatoms. The summed E-state index contributed by atoms with van der Waals surface area (Å²) >= 11 is 0. The summed E-state index contributed by atoms with van der Waals surface area (Å²) in [7, 11) is 0. The molecule has 2 aromatic heterocycles. The van der Waals surface area contributed by atoms with Gasteiger partial charge in [-0.3, -0.25) is 4.98 Å². The Kier molecular flexibility index (Phi) is 4.02. The van der Waals surface area contributed by atoms with Gasteiger partial charge in [0.1, 0.15) is 0 Å². The van der Waals surface area contributed by atoms with Gasteiger partial charge in [-0.05, 0) is 24.1 Å². The molecular weight excluding hydrogens is 264 g/mol. The zero-order chi connectivity index (χ0) is 14.5. The van der Waals surface area contributed by atoms with Crippen molar-refractivity contribution in [3.63, 3.8) is 0 Å². The summed E-state index contributed by atoms with van der Waals surface area (Å²) in [5.74, 6) is 1.07. The van der Waals surface area contributed by atoms with Crippen LogP contribution in [-0.4, -0.2) is 15.1 Å². The maximum Gasteiger partial charge on any atom is 0.243 e. The van der Waals surface area contributed by atoms with Crippen LogP contribution in [-0.2, 0) is 12.8 Å². The van der Waals surface area contributed by atoms with Crippen molar-refractivity contribution in [3.05, 3.63) is 77.7 Å². The van der Waals surface area contributed by atoms with Gasteiger partial charge in [0.05, 0.1) is 12.5 Å². The normalized spacial score (nSPS) is 12.2. The van der Waals surface area contributed by atoms with E-state index in [2.05, 4.69) is 15.1 Å². The molecule has 3 aromatic rings. The summed E-state index contributed by atoms with van der Waals surface area (Å²) < 4.78 is 5.26. The minimum Gasteiger partial charge on any atom is -0.338 e. The molecule has 2 N–H and O–H groups in total. The Bertz CT molecular complexity index is 682. The van der Waals surface area contributed by atoms with Crippen molar-refractivity contribution >= 4 is 0 Å². The van der Waals surface area contributed by atoms with Gasteiger partial charge in [-0.2, -0.15) is 4.98 Å². The predicted octanol–water partition coefficient (Wildman–Crippen LogP) is 2.30. The van der Waals surface area contributed by atoms with Crippen LogP contribution in [0.2, 0.25) is 0 Å². The highest BCUT2D eigenvalue weighted by Crippen LogP contribution is 2.15. The molecule has 5 nitrogen and oxygen atoms in total. The van der Waals surface area contributed by atoms with Crippen molar-refractivity contribution in [2.75, 3.05) is 0 Å². The van der Waals surface area contributed by atoms with E-state index in [0.717, 1.165) is 11.3 Å². The summed E-state index contributed by atoms with van der Waals surface area (Å²) in [4.78, 5) is 8.60. The molecule has 1 atom stereocenters. The van der Waals surface area contributed by atoms with E-state index >= 15 is 0 Å². The van der Waals surface area contributed by atoms with E-state index in [-0.39, 0.29) is 6.04 Å². The number of pyridine rings is 1. The molecule has 0 aliphatic heterocycles. The highest BCUT2D eigenvalue weighted by Gasteiger charge is 2.15. The molecule has 0 unspecified atom stereocenters. The van der Waals surface area contributed by atoms with E-state index in [0.29, 0.717) is 24.6 Å². The Labute approximate surface area is 122 Å². The number of aromatic nitrogens is 3. The molecule has 0 spiro atoms. The van der Waals surface area contributed by atoms with E-state index < -0.39 is 0 Å². The topological polar surface area (TPSA) is 77.8 Å². The standard InChI is InChI=1S/C16H16N4O/c17-14(10-12-6-2-1-3-7-12)16-19-15(20-21-16)11-13-8-4-5-9-18-13/h1-9,14H,10-11,17H2/t14-/m0/s1. The minimum atomic E-state index is -0.294. The fourth-order valence-corrected chi connectivity index (χ4v) is 2.11. The highest BCUT2D eigenvalue weighted by molar-refractivity contribution is 5.17. The van der Waals surface area contributed by atoms with Crippen molar-refractivity contribution in [2.24, 2.45) is 5.73 Å². The molecule has 0 aliphatic rings. The first-order valence-electron chi connectivity index (χ1n) is 6.83. The van der Waals surface area contributed by atoms with E-state index in [4.69, 9.17) is 10.3 Å². The SMILES string of the molecule is N[C@@H](Cc1ccccc1)c1nc(Cc2ccccn2)no1. The smallest absolute Gasteiger partial charge is 0.243 e.